The molecule has 144 valence electrons. The van der Waals surface area contributed by atoms with Crippen molar-refractivity contribution in [2.75, 3.05) is 13.7 Å². The Morgan fingerprint density at radius 2 is 1.81 bits per heavy atom. The van der Waals surface area contributed by atoms with Gasteiger partial charge in [-0.15, -0.1) is 0 Å². The van der Waals surface area contributed by atoms with Gasteiger partial charge in [-0.25, -0.2) is 4.79 Å². The summed E-state index contributed by atoms with van der Waals surface area (Å²) in [6.07, 6.45) is 5.93. The largest absolute Gasteiger partial charge is 0.447 e. The number of cyclic esters (lactones) is 1. The lowest BCUT2D eigenvalue weighted by Crippen LogP contribution is -2.59. The van der Waals surface area contributed by atoms with E-state index in [-0.39, 0.29) is 23.5 Å². The third kappa shape index (κ3) is 2.91. The minimum absolute atomic E-state index is 0.0152. The van der Waals surface area contributed by atoms with E-state index < -0.39 is 0 Å². The molecule has 3 saturated carbocycles. The lowest BCUT2D eigenvalue weighted by molar-refractivity contribution is -0.133. The molecule has 1 aliphatic heterocycles. The van der Waals surface area contributed by atoms with Crippen molar-refractivity contribution in [1.82, 2.24) is 10.2 Å². The Hall–Kier alpha value is -2.04. The van der Waals surface area contributed by atoms with Crippen LogP contribution >= 0.6 is 0 Å². The molecule has 1 aromatic carbocycles. The van der Waals surface area contributed by atoms with Gasteiger partial charge in [0.05, 0.1) is 5.54 Å². The predicted molar refractivity (Wildman–Crippen MR) is 102 cm³/mol. The zero-order valence-electron chi connectivity index (χ0n) is 16.2. The van der Waals surface area contributed by atoms with E-state index in [1.807, 2.05) is 0 Å². The van der Waals surface area contributed by atoms with Crippen LogP contribution in [0.5, 0.6) is 0 Å². The van der Waals surface area contributed by atoms with E-state index in [9.17, 15) is 9.59 Å². The smallest absolute Gasteiger partial charge is 0.410 e. The Balaban J connectivity index is 1.13. The van der Waals surface area contributed by atoms with Crippen LogP contribution in [0.4, 0.5) is 4.79 Å². The highest BCUT2D eigenvalue weighted by molar-refractivity contribution is 5.81. The van der Waals surface area contributed by atoms with Gasteiger partial charge in [0.25, 0.3) is 0 Å². The van der Waals surface area contributed by atoms with Gasteiger partial charge in [0, 0.05) is 19.0 Å². The monoisotopic (exact) mass is 368 g/mol. The summed E-state index contributed by atoms with van der Waals surface area (Å²) in [5, 5.41) is 3.23. The number of amides is 2. The van der Waals surface area contributed by atoms with Crippen molar-refractivity contribution in [3.05, 3.63) is 34.9 Å². The summed E-state index contributed by atoms with van der Waals surface area (Å²) in [5.41, 5.74) is 4.09. The van der Waals surface area contributed by atoms with Crippen molar-refractivity contribution in [2.45, 2.75) is 68.9 Å². The Bertz CT molecular complexity index is 789. The number of hydrogen-bond donors (Lipinski definition) is 1. The van der Waals surface area contributed by atoms with E-state index in [0.29, 0.717) is 18.6 Å². The minimum atomic E-state index is -0.264. The van der Waals surface area contributed by atoms with E-state index in [4.69, 9.17) is 4.74 Å². The fourth-order valence-electron chi connectivity index (χ4n) is 5.08. The molecule has 5 heteroatoms. The Labute approximate surface area is 160 Å². The maximum absolute atomic E-state index is 12.6. The first-order valence-electron chi connectivity index (χ1n) is 10.3. The molecule has 1 spiro atoms. The van der Waals surface area contributed by atoms with Crippen LogP contribution in [0, 0.1) is 12.8 Å². The normalized spacial score (nSPS) is 34.8. The predicted octanol–water partition coefficient (Wildman–Crippen LogP) is 3.47. The fourth-order valence-corrected chi connectivity index (χ4v) is 5.08. The second-order valence-electron chi connectivity index (χ2n) is 9.27. The highest BCUT2D eigenvalue weighted by Crippen LogP contribution is 2.46. The van der Waals surface area contributed by atoms with Crippen molar-refractivity contribution >= 4 is 12.0 Å². The molecule has 1 aromatic rings. The molecular weight excluding hydrogens is 340 g/mol. The van der Waals surface area contributed by atoms with Gasteiger partial charge < -0.3 is 15.0 Å². The maximum atomic E-state index is 12.6. The summed E-state index contributed by atoms with van der Waals surface area (Å²) >= 11 is 0. The number of hydrogen-bond acceptors (Lipinski definition) is 3. The Morgan fingerprint density at radius 1 is 1.15 bits per heavy atom. The second-order valence-corrected chi connectivity index (χ2v) is 9.27. The number of ether oxygens (including phenoxy) is 1. The molecule has 0 aromatic heterocycles. The molecule has 4 fully saturated rings. The molecule has 5 nitrogen and oxygen atoms in total. The van der Waals surface area contributed by atoms with Crippen LogP contribution < -0.4 is 5.32 Å². The second kappa shape index (κ2) is 5.98. The number of likely N-dealkylation sites (N-methyl/N-ethyl adjacent to an activating group) is 1. The quantitative estimate of drug-likeness (QED) is 0.885. The Kier molecular flexibility index (Phi) is 3.78. The van der Waals surface area contributed by atoms with Crippen LogP contribution in [-0.2, 0) is 9.53 Å². The Morgan fingerprint density at radius 3 is 2.41 bits per heavy atom. The third-order valence-electron chi connectivity index (χ3n) is 7.20. The highest BCUT2D eigenvalue weighted by Gasteiger charge is 2.56. The van der Waals surface area contributed by atoms with Gasteiger partial charge in [-0.05, 0) is 68.4 Å². The highest BCUT2D eigenvalue weighted by atomic mass is 16.6. The molecule has 5 rings (SSSR count). The van der Waals surface area contributed by atoms with Crippen LogP contribution in [0.2, 0.25) is 0 Å². The van der Waals surface area contributed by atoms with Crippen molar-refractivity contribution in [3.8, 4) is 0 Å². The lowest BCUT2D eigenvalue weighted by Gasteiger charge is -2.47. The van der Waals surface area contributed by atoms with E-state index in [0.717, 1.165) is 31.6 Å². The van der Waals surface area contributed by atoms with Gasteiger partial charge >= 0.3 is 6.09 Å². The number of rotatable bonds is 4. The third-order valence-corrected chi connectivity index (χ3v) is 7.20. The van der Waals surface area contributed by atoms with E-state index in [1.165, 1.54) is 29.5 Å². The van der Waals surface area contributed by atoms with Crippen LogP contribution in [0.3, 0.4) is 0 Å². The number of benzene rings is 1. The number of nitrogens with zero attached hydrogens (tertiary/aromatic N) is 1. The number of aryl methyl sites for hydroxylation is 1. The molecule has 0 radical (unpaired) electrons. The zero-order valence-corrected chi connectivity index (χ0v) is 16.2. The molecule has 1 N–H and O–H groups in total. The summed E-state index contributed by atoms with van der Waals surface area (Å²) in [7, 11) is 1.78. The van der Waals surface area contributed by atoms with Gasteiger partial charge in [-0.2, -0.15) is 0 Å². The average Bonchev–Trinajstić information content (AvgIpc) is 3.36. The summed E-state index contributed by atoms with van der Waals surface area (Å²) in [5.74, 6) is 1.53. The molecular formula is C22H28N2O3. The van der Waals surface area contributed by atoms with Crippen molar-refractivity contribution in [1.29, 1.82) is 0 Å². The fraction of sp³-hybridized carbons (Fsp3) is 0.636. The lowest BCUT2D eigenvalue weighted by atomic mass is 9.67. The summed E-state index contributed by atoms with van der Waals surface area (Å²) in [4.78, 5) is 25.8. The molecule has 27 heavy (non-hydrogen) atoms. The van der Waals surface area contributed by atoms with Gasteiger partial charge in [0.15, 0.2) is 0 Å². The van der Waals surface area contributed by atoms with Gasteiger partial charge in [-0.1, -0.05) is 23.8 Å². The van der Waals surface area contributed by atoms with Crippen LogP contribution in [0.1, 0.15) is 67.1 Å². The van der Waals surface area contributed by atoms with Crippen molar-refractivity contribution in [2.24, 2.45) is 5.92 Å². The van der Waals surface area contributed by atoms with Gasteiger partial charge in [0.1, 0.15) is 6.61 Å². The van der Waals surface area contributed by atoms with Crippen molar-refractivity contribution < 1.29 is 14.3 Å². The molecule has 2 amide bonds. The van der Waals surface area contributed by atoms with E-state index in [2.05, 4.69) is 30.4 Å². The molecule has 0 bridgehead atoms. The van der Waals surface area contributed by atoms with Gasteiger partial charge in [0.2, 0.25) is 5.91 Å². The van der Waals surface area contributed by atoms with Crippen LogP contribution in [0.25, 0.3) is 0 Å². The molecule has 1 saturated heterocycles. The molecule has 0 atom stereocenters. The summed E-state index contributed by atoms with van der Waals surface area (Å²) in [6.45, 7) is 2.61. The molecule has 1 heterocycles. The number of carbonyl (C=O) groups is 2. The van der Waals surface area contributed by atoms with Gasteiger partial charge in [-0.3, -0.25) is 4.79 Å². The molecule has 4 aliphatic rings. The number of nitrogens with one attached hydrogen (secondary N) is 1. The number of carbonyl (C=O) groups excluding carboxylic acids is 2. The van der Waals surface area contributed by atoms with Crippen LogP contribution in [-0.4, -0.2) is 42.1 Å². The van der Waals surface area contributed by atoms with Crippen molar-refractivity contribution in [3.63, 3.8) is 0 Å². The SMILES string of the molecule is Cc1cc(C2CC2)cc(C2CC(NC(=O)C3CC4(COC(=O)N4C)C3)C2)c1. The standard InChI is InChI=1S/C22H28N2O3/c1-13-5-15(14-3-4-14)7-16(6-13)17-8-19(9-17)23-20(25)18-10-22(11-18)12-27-21(26)24(22)2/h5-7,14,17-19H,3-4,8-12H2,1-2H3,(H,23,25). The molecule has 0 unspecified atom stereocenters. The maximum Gasteiger partial charge on any atom is 0.410 e. The van der Waals surface area contributed by atoms with Crippen LogP contribution in [0.15, 0.2) is 18.2 Å². The topological polar surface area (TPSA) is 58.6 Å². The zero-order chi connectivity index (χ0) is 18.8. The first kappa shape index (κ1) is 17.1. The van der Waals surface area contributed by atoms with E-state index in [1.54, 1.807) is 11.9 Å². The molecule has 3 aliphatic carbocycles. The average molecular weight is 368 g/mol. The van der Waals surface area contributed by atoms with E-state index >= 15 is 0 Å². The summed E-state index contributed by atoms with van der Waals surface area (Å²) in [6, 6.07) is 7.34. The first-order valence-corrected chi connectivity index (χ1v) is 10.3. The first-order chi connectivity index (χ1) is 12.9. The summed E-state index contributed by atoms with van der Waals surface area (Å²) < 4.78 is 5.12. The minimum Gasteiger partial charge on any atom is -0.447 e.